The van der Waals surface area contributed by atoms with Gasteiger partial charge in [-0.05, 0) is 42.8 Å². The number of carbonyl (C=O) groups is 1. The number of halogens is 1. The molecule has 0 aromatic heterocycles. The summed E-state index contributed by atoms with van der Waals surface area (Å²) in [6, 6.07) is 15.1. The van der Waals surface area contributed by atoms with Crippen molar-refractivity contribution in [3.63, 3.8) is 0 Å². The lowest BCUT2D eigenvalue weighted by Gasteiger charge is -2.10. The summed E-state index contributed by atoms with van der Waals surface area (Å²) in [4.78, 5) is 12.0. The van der Waals surface area contributed by atoms with Gasteiger partial charge in [0.05, 0.1) is 13.2 Å². The fourth-order valence-corrected chi connectivity index (χ4v) is 2.22. The van der Waals surface area contributed by atoms with E-state index < -0.39 is 0 Å². The third-order valence-electron chi connectivity index (χ3n) is 3.18. The zero-order valence-electron chi connectivity index (χ0n) is 13.1. The van der Waals surface area contributed by atoms with Gasteiger partial charge in [-0.2, -0.15) is 0 Å². The van der Waals surface area contributed by atoms with Crippen LogP contribution in [-0.4, -0.2) is 19.1 Å². The first-order valence-corrected chi connectivity index (χ1v) is 8.49. The molecule has 0 aliphatic rings. The zero-order valence-corrected chi connectivity index (χ0v) is 14.7. The van der Waals surface area contributed by atoms with Gasteiger partial charge < -0.3 is 15.4 Å². The Labute approximate surface area is 145 Å². The molecule has 4 nitrogen and oxygen atoms in total. The first kappa shape index (κ1) is 17.3. The summed E-state index contributed by atoms with van der Waals surface area (Å²) in [5.74, 6) is 0.677. The molecule has 2 aromatic rings. The first-order valence-electron chi connectivity index (χ1n) is 7.69. The smallest absolute Gasteiger partial charge is 0.243 e. The third kappa shape index (κ3) is 6.32. The molecule has 0 heterocycles. The Kier molecular flexibility index (Phi) is 6.94. The normalized spacial score (nSPS) is 10.2. The molecule has 2 aromatic carbocycles. The molecule has 0 bridgehead atoms. The SMILES string of the molecule is CCCCOc1cccc(NC(=O)CNc2ccc(Br)cc2)c1. The van der Waals surface area contributed by atoms with E-state index in [4.69, 9.17) is 4.74 Å². The lowest BCUT2D eigenvalue weighted by atomic mass is 10.3. The number of amides is 1. The predicted molar refractivity (Wildman–Crippen MR) is 98.1 cm³/mol. The Hall–Kier alpha value is -2.01. The highest BCUT2D eigenvalue weighted by Gasteiger charge is 2.03. The summed E-state index contributed by atoms with van der Waals surface area (Å²) in [6.45, 7) is 3.03. The number of ether oxygens (including phenoxy) is 1. The van der Waals surface area contributed by atoms with Gasteiger partial charge >= 0.3 is 0 Å². The molecule has 0 saturated heterocycles. The molecule has 0 saturated carbocycles. The number of hydrogen-bond donors (Lipinski definition) is 2. The number of nitrogens with one attached hydrogen (secondary N) is 2. The molecule has 0 unspecified atom stereocenters. The van der Waals surface area contributed by atoms with Crippen molar-refractivity contribution in [1.29, 1.82) is 0 Å². The van der Waals surface area contributed by atoms with E-state index in [0.717, 1.165) is 34.4 Å². The Balaban J connectivity index is 1.82. The summed E-state index contributed by atoms with van der Waals surface area (Å²) >= 11 is 3.38. The van der Waals surface area contributed by atoms with Gasteiger partial charge in [-0.25, -0.2) is 0 Å². The molecule has 1 amide bonds. The quantitative estimate of drug-likeness (QED) is 0.657. The van der Waals surface area contributed by atoms with Crippen LogP contribution in [0.3, 0.4) is 0 Å². The second-order valence-corrected chi connectivity index (χ2v) is 6.05. The molecular weight excluding hydrogens is 356 g/mol. The highest BCUT2D eigenvalue weighted by Crippen LogP contribution is 2.18. The number of rotatable bonds is 8. The minimum atomic E-state index is -0.0985. The molecule has 0 atom stereocenters. The van der Waals surface area contributed by atoms with Gasteiger partial charge in [0.15, 0.2) is 0 Å². The van der Waals surface area contributed by atoms with Gasteiger partial charge in [-0.1, -0.05) is 35.3 Å². The number of benzene rings is 2. The van der Waals surface area contributed by atoms with Crippen LogP contribution < -0.4 is 15.4 Å². The van der Waals surface area contributed by atoms with E-state index in [1.54, 1.807) is 0 Å². The van der Waals surface area contributed by atoms with Crippen molar-refractivity contribution in [1.82, 2.24) is 0 Å². The van der Waals surface area contributed by atoms with Gasteiger partial charge in [0.1, 0.15) is 5.75 Å². The third-order valence-corrected chi connectivity index (χ3v) is 3.71. The summed E-state index contributed by atoms with van der Waals surface area (Å²) in [5, 5.41) is 5.95. The Morgan fingerprint density at radius 2 is 1.91 bits per heavy atom. The average molecular weight is 377 g/mol. The molecule has 23 heavy (non-hydrogen) atoms. The number of carbonyl (C=O) groups excluding carboxylic acids is 1. The van der Waals surface area contributed by atoms with Crippen molar-refractivity contribution in [2.75, 3.05) is 23.8 Å². The summed E-state index contributed by atoms with van der Waals surface area (Å²) in [6.07, 6.45) is 2.12. The fraction of sp³-hybridized carbons (Fsp3) is 0.278. The van der Waals surface area contributed by atoms with Crippen molar-refractivity contribution < 1.29 is 9.53 Å². The average Bonchev–Trinajstić information content (AvgIpc) is 2.55. The minimum absolute atomic E-state index is 0.0985. The monoisotopic (exact) mass is 376 g/mol. The van der Waals surface area contributed by atoms with Crippen molar-refractivity contribution in [2.45, 2.75) is 19.8 Å². The van der Waals surface area contributed by atoms with Crippen molar-refractivity contribution in [3.05, 3.63) is 53.0 Å². The fourth-order valence-electron chi connectivity index (χ4n) is 1.95. The summed E-state index contributed by atoms with van der Waals surface area (Å²) in [7, 11) is 0. The predicted octanol–water partition coefficient (Wildman–Crippen LogP) is 4.68. The summed E-state index contributed by atoms with van der Waals surface area (Å²) < 4.78 is 6.64. The topological polar surface area (TPSA) is 50.4 Å². The lowest BCUT2D eigenvalue weighted by molar-refractivity contribution is -0.114. The maximum Gasteiger partial charge on any atom is 0.243 e. The molecule has 0 spiro atoms. The maximum absolute atomic E-state index is 12.0. The van der Waals surface area contributed by atoms with E-state index >= 15 is 0 Å². The van der Waals surface area contributed by atoms with Crippen molar-refractivity contribution in [3.8, 4) is 5.75 Å². The molecule has 0 radical (unpaired) electrons. The van der Waals surface area contributed by atoms with Gasteiger partial charge in [0.25, 0.3) is 0 Å². The van der Waals surface area contributed by atoms with Gasteiger partial charge in [-0.3, -0.25) is 4.79 Å². The summed E-state index contributed by atoms with van der Waals surface area (Å²) in [5.41, 5.74) is 1.64. The highest BCUT2D eigenvalue weighted by atomic mass is 79.9. The van der Waals surface area contributed by atoms with Crippen LogP contribution in [0.4, 0.5) is 11.4 Å². The second-order valence-electron chi connectivity index (χ2n) is 5.14. The molecule has 0 aliphatic heterocycles. The Morgan fingerprint density at radius 3 is 2.65 bits per heavy atom. The van der Waals surface area contributed by atoms with Crippen LogP contribution in [0.2, 0.25) is 0 Å². The van der Waals surface area contributed by atoms with Gasteiger partial charge in [-0.15, -0.1) is 0 Å². The van der Waals surface area contributed by atoms with Crippen LogP contribution in [0.5, 0.6) is 5.75 Å². The number of anilines is 2. The second kappa shape index (κ2) is 9.20. The molecule has 2 rings (SSSR count). The van der Waals surface area contributed by atoms with Crippen LogP contribution >= 0.6 is 15.9 Å². The largest absolute Gasteiger partial charge is 0.494 e. The van der Waals surface area contributed by atoms with Crippen molar-refractivity contribution in [2.24, 2.45) is 0 Å². The van der Waals surface area contributed by atoms with Crippen LogP contribution in [0.1, 0.15) is 19.8 Å². The molecule has 0 fully saturated rings. The van der Waals surface area contributed by atoms with E-state index in [-0.39, 0.29) is 12.5 Å². The Bertz CT molecular complexity index is 629. The molecule has 5 heteroatoms. The molecule has 0 aliphatic carbocycles. The van der Waals surface area contributed by atoms with Gasteiger partial charge in [0.2, 0.25) is 5.91 Å². The molecular formula is C18H21BrN2O2. The zero-order chi connectivity index (χ0) is 16.5. The van der Waals surface area contributed by atoms with Crippen LogP contribution in [-0.2, 0) is 4.79 Å². The molecule has 122 valence electrons. The van der Waals surface area contributed by atoms with Crippen LogP contribution in [0.15, 0.2) is 53.0 Å². The Morgan fingerprint density at radius 1 is 1.13 bits per heavy atom. The van der Waals surface area contributed by atoms with E-state index in [0.29, 0.717) is 6.61 Å². The maximum atomic E-state index is 12.0. The standard InChI is InChI=1S/C18H21BrN2O2/c1-2-3-11-23-17-6-4-5-16(12-17)21-18(22)13-20-15-9-7-14(19)8-10-15/h4-10,12,20H,2-3,11,13H2,1H3,(H,21,22). The van der Waals surface area contributed by atoms with Gasteiger partial charge in [0, 0.05) is 21.9 Å². The molecule has 2 N–H and O–H groups in total. The van der Waals surface area contributed by atoms with Crippen molar-refractivity contribution >= 4 is 33.2 Å². The number of unbranched alkanes of at least 4 members (excludes halogenated alkanes) is 1. The van der Waals surface area contributed by atoms with E-state index in [2.05, 4.69) is 33.5 Å². The van der Waals surface area contributed by atoms with Crippen LogP contribution in [0, 0.1) is 0 Å². The van der Waals surface area contributed by atoms with Crippen LogP contribution in [0.25, 0.3) is 0 Å². The van der Waals surface area contributed by atoms with E-state index in [1.807, 2.05) is 48.5 Å². The van der Waals surface area contributed by atoms with E-state index in [1.165, 1.54) is 0 Å². The highest BCUT2D eigenvalue weighted by molar-refractivity contribution is 9.10. The van der Waals surface area contributed by atoms with E-state index in [9.17, 15) is 4.79 Å². The number of hydrogen-bond acceptors (Lipinski definition) is 3. The minimum Gasteiger partial charge on any atom is -0.494 e. The first-order chi connectivity index (χ1) is 11.2. The lowest BCUT2D eigenvalue weighted by Crippen LogP contribution is -2.21.